The van der Waals surface area contributed by atoms with E-state index in [2.05, 4.69) is 44.8 Å². The first-order valence-corrected chi connectivity index (χ1v) is 8.39. The molecule has 1 aliphatic rings. The highest BCUT2D eigenvalue weighted by Crippen LogP contribution is 2.34. The minimum Gasteiger partial charge on any atom is -0.465 e. The van der Waals surface area contributed by atoms with Gasteiger partial charge < -0.3 is 15.0 Å². The molecule has 1 aliphatic heterocycles. The number of rotatable bonds is 6. The van der Waals surface area contributed by atoms with E-state index in [0.29, 0.717) is 12.0 Å². The number of ether oxygens (including phenoxy) is 1. The van der Waals surface area contributed by atoms with Gasteiger partial charge in [0.25, 0.3) is 0 Å². The third-order valence-electron chi connectivity index (χ3n) is 4.36. The van der Waals surface area contributed by atoms with Crippen LogP contribution in [0.5, 0.6) is 0 Å². The maximum absolute atomic E-state index is 12.1. The summed E-state index contributed by atoms with van der Waals surface area (Å²) in [6, 6.07) is 0.0719. The Balaban J connectivity index is 2.51. The molecular formula is C17H34N2O2. The molecule has 0 aliphatic carbocycles. The Hall–Kier alpha value is -0.610. The molecule has 1 N–H and O–H groups in total. The van der Waals surface area contributed by atoms with E-state index in [9.17, 15) is 4.79 Å². The van der Waals surface area contributed by atoms with Crippen LogP contribution in [0.1, 0.15) is 54.4 Å². The van der Waals surface area contributed by atoms with E-state index in [0.717, 1.165) is 25.6 Å². The van der Waals surface area contributed by atoms with E-state index in [1.54, 1.807) is 0 Å². The van der Waals surface area contributed by atoms with Crippen LogP contribution in [0.15, 0.2) is 0 Å². The number of nitrogens with one attached hydrogen (secondary N) is 1. The molecule has 21 heavy (non-hydrogen) atoms. The predicted octanol–water partition coefficient (Wildman–Crippen LogP) is 2.67. The maximum atomic E-state index is 12.1. The van der Waals surface area contributed by atoms with Crippen molar-refractivity contribution in [2.24, 2.45) is 11.3 Å². The Labute approximate surface area is 130 Å². The Morgan fingerprint density at radius 2 is 1.86 bits per heavy atom. The van der Waals surface area contributed by atoms with Crippen molar-refractivity contribution < 1.29 is 9.53 Å². The molecule has 0 saturated carbocycles. The molecule has 1 rings (SSSR count). The van der Waals surface area contributed by atoms with Gasteiger partial charge in [-0.05, 0) is 44.2 Å². The molecule has 0 aromatic carbocycles. The highest BCUT2D eigenvalue weighted by atomic mass is 16.5. The van der Waals surface area contributed by atoms with E-state index in [-0.39, 0.29) is 18.1 Å². The molecule has 1 saturated heterocycles. The van der Waals surface area contributed by atoms with Gasteiger partial charge in [0, 0.05) is 12.6 Å². The highest BCUT2D eigenvalue weighted by Gasteiger charge is 2.31. The number of hydrogen-bond donors (Lipinski definition) is 1. The minimum absolute atomic E-state index is 0.121. The fourth-order valence-corrected chi connectivity index (χ4v) is 3.08. The first kappa shape index (κ1) is 18.4. The summed E-state index contributed by atoms with van der Waals surface area (Å²) in [7, 11) is 0. The number of likely N-dealkylation sites (tertiary alicyclic amines) is 1. The van der Waals surface area contributed by atoms with E-state index in [1.807, 2.05) is 6.92 Å². The summed E-state index contributed by atoms with van der Waals surface area (Å²) in [4.78, 5) is 14.5. The molecule has 0 spiro atoms. The van der Waals surface area contributed by atoms with Gasteiger partial charge >= 0.3 is 5.97 Å². The topological polar surface area (TPSA) is 41.6 Å². The minimum atomic E-state index is -0.212. The second kappa shape index (κ2) is 8.14. The van der Waals surface area contributed by atoms with Crippen LogP contribution >= 0.6 is 0 Å². The summed E-state index contributed by atoms with van der Waals surface area (Å²) >= 11 is 0. The summed E-state index contributed by atoms with van der Waals surface area (Å²) in [5.41, 5.74) is 0.392. The standard InChI is InChI=1S/C17H34N2O2/c1-7-21-16(20)15(18-13(2)3)12-19-10-8-14(9-11-19)17(4,5)6/h13-15,18H,7-12H2,1-6H3. The second-order valence-corrected chi connectivity index (χ2v) is 7.57. The zero-order valence-electron chi connectivity index (χ0n) is 14.7. The molecule has 0 bridgehead atoms. The number of carbonyl (C=O) groups excluding carboxylic acids is 1. The first-order chi connectivity index (χ1) is 9.74. The summed E-state index contributed by atoms with van der Waals surface area (Å²) in [6.07, 6.45) is 2.45. The molecule has 1 heterocycles. The van der Waals surface area contributed by atoms with Crippen LogP contribution < -0.4 is 5.32 Å². The van der Waals surface area contributed by atoms with Crippen LogP contribution in [-0.2, 0) is 9.53 Å². The van der Waals surface area contributed by atoms with Crippen LogP contribution in [0.4, 0.5) is 0 Å². The van der Waals surface area contributed by atoms with E-state index in [4.69, 9.17) is 4.74 Å². The van der Waals surface area contributed by atoms with Crippen molar-refractivity contribution in [1.82, 2.24) is 10.2 Å². The lowest BCUT2D eigenvalue weighted by molar-refractivity contribution is -0.146. The number of hydrogen-bond acceptors (Lipinski definition) is 4. The SMILES string of the molecule is CCOC(=O)C(CN1CCC(C(C)(C)C)CC1)NC(C)C. The Morgan fingerprint density at radius 1 is 1.29 bits per heavy atom. The van der Waals surface area contributed by atoms with Crippen LogP contribution in [-0.4, -0.2) is 49.2 Å². The normalized spacial score (nSPS) is 19.8. The van der Waals surface area contributed by atoms with Gasteiger partial charge in [-0.3, -0.25) is 4.79 Å². The molecule has 0 amide bonds. The van der Waals surface area contributed by atoms with Crippen LogP contribution in [0.3, 0.4) is 0 Å². The lowest BCUT2D eigenvalue weighted by atomic mass is 9.75. The molecule has 0 aromatic rings. The average molecular weight is 298 g/mol. The maximum Gasteiger partial charge on any atom is 0.324 e. The molecule has 1 unspecified atom stereocenters. The average Bonchev–Trinajstić information content (AvgIpc) is 2.37. The van der Waals surface area contributed by atoms with Gasteiger partial charge in [-0.25, -0.2) is 0 Å². The van der Waals surface area contributed by atoms with Gasteiger partial charge in [0.15, 0.2) is 0 Å². The summed E-state index contributed by atoms with van der Waals surface area (Å²) < 4.78 is 5.19. The smallest absolute Gasteiger partial charge is 0.324 e. The molecule has 1 fully saturated rings. The number of esters is 1. The largest absolute Gasteiger partial charge is 0.465 e. The molecule has 0 aromatic heterocycles. The third-order valence-corrected chi connectivity index (χ3v) is 4.36. The van der Waals surface area contributed by atoms with Crippen molar-refractivity contribution in [3.05, 3.63) is 0 Å². The molecule has 124 valence electrons. The van der Waals surface area contributed by atoms with Gasteiger partial charge in [-0.15, -0.1) is 0 Å². The quantitative estimate of drug-likeness (QED) is 0.766. The van der Waals surface area contributed by atoms with Gasteiger partial charge in [0.05, 0.1) is 6.61 Å². The highest BCUT2D eigenvalue weighted by molar-refractivity contribution is 5.76. The Kier molecular flexibility index (Phi) is 7.14. The molecule has 1 atom stereocenters. The zero-order chi connectivity index (χ0) is 16.0. The summed E-state index contributed by atoms with van der Waals surface area (Å²) in [6.45, 7) is 16.3. The molecule has 4 nitrogen and oxygen atoms in total. The van der Waals surface area contributed by atoms with Gasteiger partial charge in [0.2, 0.25) is 0 Å². The number of carbonyl (C=O) groups is 1. The van der Waals surface area contributed by atoms with E-state index in [1.165, 1.54) is 12.8 Å². The summed E-state index contributed by atoms with van der Waals surface area (Å²) in [5, 5.41) is 3.34. The predicted molar refractivity (Wildman–Crippen MR) is 87.3 cm³/mol. The van der Waals surface area contributed by atoms with Crippen LogP contribution in [0.25, 0.3) is 0 Å². The van der Waals surface area contributed by atoms with Crippen LogP contribution in [0.2, 0.25) is 0 Å². The molecule has 4 heteroatoms. The van der Waals surface area contributed by atoms with Crippen LogP contribution in [0, 0.1) is 11.3 Å². The van der Waals surface area contributed by atoms with Crippen molar-refractivity contribution in [3.8, 4) is 0 Å². The fraction of sp³-hybridized carbons (Fsp3) is 0.941. The van der Waals surface area contributed by atoms with Crippen molar-refractivity contribution in [3.63, 3.8) is 0 Å². The molecule has 0 radical (unpaired) electrons. The van der Waals surface area contributed by atoms with Crippen molar-refractivity contribution in [1.29, 1.82) is 0 Å². The van der Waals surface area contributed by atoms with Gasteiger partial charge in [-0.2, -0.15) is 0 Å². The zero-order valence-corrected chi connectivity index (χ0v) is 14.7. The third kappa shape index (κ3) is 6.35. The van der Waals surface area contributed by atoms with E-state index >= 15 is 0 Å². The van der Waals surface area contributed by atoms with Crippen molar-refractivity contribution in [2.45, 2.75) is 66.5 Å². The van der Waals surface area contributed by atoms with Crippen molar-refractivity contribution >= 4 is 5.97 Å². The lowest BCUT2D eigenvalue weighted by Gasteiger charge is -2.39. The fourth-order valence-electron chi connectivity index (χ4n) is 3.08. The second-order valence-electron chi connectivity index (χ2n) is 7.57. The van der Waals surface area contributed by atoms with Crippen molar-refractivity contribution in [2.75, 3.05) is 26.2 Å². The van der Waals surface area contributed by atoms with E-state index < -0.39 is 0 Å². The summed E-state index contributed by atoms with van der Waals surface area (Å²) in [5.74, 6) is 0.664. The van der Waals surface area contributed by atoms with Gasteiger partial charge in [-0.1, -0.05) is 34.6 Å². The number of nitrogens with zero attached hydrogens (tertiary/aromatic N) is 1. The van der Waals surface area contributed by atoms with Gasteiger partial charge in [0.1, 0.15) is 6.04 Å². The monoisotopic (exact) mass is 298 g/mol. The first-order valence-electron chi connectivity index (χ1n) is 8.39. The lowest BCUT2D eigenvalue weighted by Crippen LogP contribution is -2.51. The molecular weight excluding hydrogens is 264 g/mol. The Morgan fingerprint density at radius 3 is 2.29 bits per heavy atom. The Bertz CT molecular complexity index is 315. The number of piperidine rings is 1.